The molecule has 0 saturated heterocycles. The third-order valence-corrected chi connectivity index (χ3v) is 6.47. The summed E-state index contributed by atoms with van der Waals surface area (Å²) in [6.07, 6.45) is 0.454. The van der Waals surface area contributed by atoms with Crippen molar-refractivity contribution < 1.29 is 14.3 Å². The number of carbonyl (C=O) groups is 2. The molecule has 0 spiro atoms. The van der Waals surface area contributed by atoms with Crippen molar-refractivity contribution >= 4 is 39.1 Å². The average molecular weight is 442 g/mol. The van der Waals surface area contributed by atoms with Gasteiger partial charge in [-0.15, -0.1) is 11.3 Å². The summed E-state index contributed by atoms with van der Waals surface area (Å²) in [7, 11) is 0. The average Bonchev–Trinajstić information content (AvgIpc) is 3.06. The number of thiophene rings is 1. The highest BCUT2D eigenvalue weighted by Gasteiger charge is 2.36. The molecule has 0 radical (unpaired) electrons. The number of para-hydroxylation sites is 1. The van der Waals surface area contributed by atoms with Gasteiger partial charge in [0.2, 0.25) is 0 Å². The van der Waals surface area contributed by atoms with Crippen LogP contribution in [0.2, 0.25) is 0 Å². The summed E-state index contributed by atoms with van der Waals surface area (Å²) in [5, 5.41) is 3.27. The van der Waals surface area contributed by atoms with Crippen LogP contribution in [0, 0.1) is 13.8 Å². The molecule has 0 unspecified atom stereocenters. The molecule has 1 N–H and O–H groups in total. The summed E-state index contributed by atoms with van der Waals surface area (Å²) in [5.74, 6) is -0.315. The minimum atomic E-state index is -1.22. The molecule has 2 heterocycles. The third-order valence-electron chi connectivity index (χ3n) is 5.28. The van der Waals surface area contributed by atoms with Crippen LogP contribution >= 0.6 is 11.3 Å². The second kappa shape index (κ2) is 8.63. The zero-order valence-electron chi connectivity index (χ0n) is 18.7. The fourth-order valence-electron chi connectivity index (χ4n) is 3.55. The van der Waals surface area contributed by atoms with Crippen LogP contribution in [0.15, 0.2) is 29.1 Å². The highest BCUT2D eigenvalue weighted by Crippen LogP contribution is 2.30. The molecular weight excluding hydrogens is 414 g/mol. The lowest BCUT2D eigenvalue weighted by molar-refractivity contribution is -0.152. The summed E-state index contributed by atoms with van der Waals surface area (Å²) >= 11 is 1.19. The van der Waals surface area contributed by atoms with E-state index < -0.39 is 11.5 Å². The molecule has 3 rings (SSSR count). The first kappa shape index (κ1) is 22.7. The van der Waals surface area contributed by atoms with Crippen molar-refractivity contribution in [2.75, 3.05) is 11.9 Å². The Labute approximate surface area is 185 Å². The summed E-state index contributed by atoms with van der Waals surface area (Å²) in [5.41, 5.74) is 0.646. The number of nitrogens with zero attached hydrogens (tertiary/aromatic N) is 2. The maximum Gasteiger partial charge on any atom is 0.331 e. The van der Waals surface area contributed by atoms with Gasteiger partial charge in [-0.3, -0.25) is 14.2 Å². The number of esters is 1. The Bertz CT molecular complexity index is 1220. The van der Waals surface area contributed by atoms with Crippen molar-refractivity contribution in [3.63, 3.8) is 0 Å². The predicted octanol–water partition coefficient (Wildman–Crippen LogP) is 4.19. The van der Waals surface area contributed by atoms with Crippen LogP contribution in [0.4, 0.5) is 5.69 Å². The lowest BCUT2D eigenvalue weighted by Gasteiger charge is -2.27. The SMILES string of the molecule is CCOC(=O)C(C)(C)n1c(CC)nc2sc(C(=O)Nc3ccccc3C)c(C)c2c1=O. The third kappa shape index (κ3) is 3.99. The maximum absolute atomic E-state index is 13.5. The molecule has 1 amide bonds. The van der Waals surface area contributed by atoms with Crippen molar-refractivity contribution in [2.45, 2.75) is 53.5 Å². The molecule has 0 aliphatic carbocycles. The summed E-state index contributed by atoms with van der Waals surface area (Å²) < 4.78 is 6.59. The van der Waals surface area contributed by atoms with Crippen molar-refractivity contribution in [2.24, 2.45) is 0 Å². The normalized spacial score (nSPS) is 11.5. The molecule has 0 aliphatic rings. The van der Waals surface area contributed by atoms with Crippen molar-refractivity contribution in [3.05, 3.63) is 56.4 Å². The van der Waals surface area contributed by atoms with E-state index in [-0.39, 0.29) is 18.1 Å². The topological polar surface area (TPSA) is 90.3 Å². The van der Waals surface area contributed by atoms with Crippen molar-refractivity contribution in [1.29, 1.82) is 0 Å². The van der Waals surface area contributed by atoms with E-state index in [9.17, 15) is 14.4 Å². The lowest BCUT2D eigenvalue weighted by Crippen LogP contribution is -2.45. The number of aromatic nitrogens is 2. The molecule has 7 nitrogen and oxygen atoms in total. The van der Waals surface area contributed by atoms with E-state index in [1.165, 1.54) is 15.9 Å². The van der Waals surface area contributed by atoms with Crippen molar-refractivity contribution in [3.8, 4) is 0 Å². The van der Waals surface area contributed by atoms with E-state index in [0.29, 0.717) is 38.6 Å². The van der Waals surface area contributed by atoms with Crippen LogP contribution in [0.1, 0.15) is 54.3 Å². The number of carbonyl (C=O) groups excluding carboxylic acids is 2. The molecule has 0 fully saturated rings. The second-order valence-corrected chi connectivity index (χ2v) is 8.81. The van der Waals surface area contributed by atoms with Gasteiger partial charge in [-0.1, -0.05) is 25.1 Å². The fourth-order valence-corrected chi connectivity index (χ4v) is 4.63. The number of hydrogen-bond acceptors (Lipinski definition) is 6. The first-order valence-corrected chi connectivity index (χ1v) is 11.0. The Morgan fingerprint density at radius 1 is 1.19 bits per heavy atom. The second-order valence-electron chi connectivity index (χ2n) is 7.81. The van der Waals surface area contributed by atoms with Gasteiger partial charge in [0.15, 0.2) is 0 Å². The van der Waals surface area contributed by atoms with E-state index >= 15 is 0 Å². The molecule has 0 saturated carbocycles. The van der Waals surface area contributed by atoms with Gasteiger partial charge in [0.05, 0.1) is 16.9 Å². The van der Waals surface area contributed by atoms with E-state index in [2.05, 4.69) is 10.3 Å². The monoisotopic (exact) mass is 441 g/mol. The highest BCUT2D eigenvalue weighted by molar-refractivity contribution is 7.20. The van der Waals surface area contributed by atoms with E-state index in [4.69, 9.17) is 4.74 Å². The number of amides is 1. The van der Waals surface area contributed by atoms with Gasteiger partial charge in [-0.05, 0) is 51.8 Å². The van der Waals surface area contributed by atoms with Gasteiger partial charge < -0.3 is 10.1 Å². The Balaban J connectivity index is 2.16. The number of hydrogen-bond donors (Lipinski definition) is 1. The number of aryl methyl sites for hydroxylation is 3. The zero-order valence-corrected chi connectivity index (χ0v) is 19.5. The summed E-state index contributed by atoms with van der Waals surface area (Å²) in [6, 6.07) is 7.50. The molecule has 0 bridgehead atoms. The van der Waals surface area contributed by atoms with Crippen LogP contribution < -0.4 is 10.9 Å². The minimum absolute atomic E-state index is 0.217. The predicted molar refractivity (Wildman–Crippen MR) is 123 cm³/mol. The molecular formula is C23H27N3O4S. The number of benzene rings is 1. The fraction of sp³-hybridized carbons (Fsp3) is 0.391. The molecule has 2 aromatic heterocycles. The minimum Gasteiger partial charge on any atom is -0.464 e. The number of rotatable bonds is 6. The first-order chi connectivity index (χ1) is 14.6. The summed E-state index contributed by atoms with van der Waals surface area (Å²) in [4.78, 5) is 44.7. The molecule has 3 aromatic rings. The first-order valence-electron chi connectivity index (χ1n) is 10.2. The molecule has 0 atom stereocenters. The van der Waals surface area contributed by atoms with E-state index in [0.717, 1.165) is 5.56 Å². The zero-order chi connectivity index (χ0) is 22.9. The Hall–Kier alpha value is -3.00. The maximum atomic E-state index is 13.5. The van der Waals surface area contributed by atoms with Gasteiger partial charge in [0, 0.05) is 12.1 Å². The number of nitrogens with one attached hydrogen (secondary N) is 1. The smallest absolute Gasteiger partial charge is 0.331 e. The molecule has 31 heavy (non-hydrogen) atoms. The van der Waals surface area contributed by atoms with E-state index in [1.54, 1.807) is 27.7 Å². The van der Waals surface area contributed by atoms with Gasteiger partial charge in [-0.25, -0.2) is 9.78 Å². The van der Waals surface area contributed by atoms with Gasteiger partial charge in [-0.2, -0.15) is 0 Å². The van der Waals surface area contributed by atoms with Gasteiger partial charge in [0.1, 0.15) is 16.2 Å². The van der Waals surface area contributed by atoms with E-state index in [1.807, 2.05) is 38.1 Å². The lowest BCUT2D eigenvalue weighted by atomic mass is 10.0. The standard InChI is InChI=1S/C23H27N3O4S/c1-7-16-25-20-17(21(28)26(16)23(5,6)22(29)30-8-2)14(4)18(31-20)19(27)24-15-12-10-9-11-13(15)3/h9-12H,7-8H2,1-6H3,(H,24,27). The Morgan fingerprint density at radius 2 is 1.87 bits per heavy atom. The number of anilines is 1. The molecule has 8 heteroatoms. The molecule has 164 valence electrons. The van der Waals surface area contributed by atoms with Gasteiger partial charge >= 0.3 is 5.97 Å². The summed E-state index contributed by atoms with van der Waals surface area (Å²) in [6.45, 7) is 10.8. The van der Waals surface area contributed by atoms with Crippen LogP contribution in [-0.2, 0) is 21.5 Å². The van der Waals surface area contributed by atoms with Crippen LogP contribution in [0.3, 0.4) is 0 Å². The molecule has 0 aliphatic heterocycles. The van der Waals surface area contributed by atoms with Crippen LogP contribution in [-0.4, -0.2) is 28.0 Å². The highest BCUT2D eigenvalue weighted by atomic mass is 32.1. The number of fused-ring (bicyclic) bond motifs is 1. The quantitative estimate of drug-likeness (QED) is 0.580. The van der Waals surface area contributed by atoms with Crippen molar-refractivity contribution in [1.82, 2.24) is 9.55 Å². The largest absolute Gasteiger partial charge is 0.464 e. The van der Waals surface area contributed by atoms with Crippen LogP contribution in [0.5, 0.6) is 0 Å². The Morgan fingerprint density at radius 3 is 2.48 bits per heavy atom. The molecule has 1 aromatic carbocycles. The van der Waals surface area contributed by atoms with Gasteiger partial charge in [0.25, 0.3) is 11.5 Å². The number of ether oxygens (including phenoxy) is 1. The van der Waals surface area contributed by atoms with Crippen LogP contribution in [0.25, 0.3) is 10.2 Å². The Kier molecular flexibility index (Phi) is 6.31.